The number of hydrogen-bond acceptors (Lipinski definition) is 18. The maximum atomic E-state index is 12.1. The minimum atomic E-state index is -5.06. The topological polar surface area (TPSA) is 330 Å². The molecule has 3 saturated heterocycles. The van der Waals surface area contributed by atoms with Crippen LogP contribution in [-0.2, 0) is 47.9 Å². The van der Waals surface area contributed by atoms with Gasteiger partial charge in [-0.1, -0.05) is 0 Å². The van der Waals surface area contributed by atoms with Crippen LogP contribution >= 0.6 is 0 Å². The van der Waals surface area contributed by atoms with Crippen LogP contribution in [0.25, 0.3) is 0 Å². The van der Waals surface area contributed by atoms with Crippen LogP contribution in [0.3, 0.4) is 0 Å². The van der Waals surface area contributed by atoms with Crippen LogP contribution in [0.15, 0.2) is 0 Å². The lowest BCUT2D eigenvalue weighted by molar-refractivity contribution is -0.360. The van der Waals surface area contributed by atoms with Crippen molar-refractivity contribution in [1.29, 1.82) is 0 Å². The SMILES string of the molecule is CC(=O)N[C@@H]1[C@@H](O)[C@H](O[C@@H]2O[C@H](CO)[C@@H](O[C@@H]3O[C@H](CO)[C@H](O)[C@H](O)[C@H]3O)[C@H](O)[C@H]2NC(C)=O)[C@@H](COS(=O)(=O)O)O[C@H]1O. The Balaban J connectivity index is 1.90. The molecule has 3 aliphatic heterocycles. The number of aliphatic hydroxyl groups excluding tert-OH is 8. The van der Waals surface area contributed by atoms with Crippen molar-refractivity contribution in [3.05, 3.63) is 0 Å². The highest BCUT2D eigenvalue weighted by atomic mass is 32.3. The molecule has 3 rings (SSSR count). The molecule has 21 nitrogen and oxygen atoms in total. The largest absolute Gasteiger partial charge is 0.397 e. The van der Waals surface area contributed by atoms with Gasteiger partial charge in [0.05, 0.1) is 19.8 Å². The Morgan fingerprint density at radius 1 is 0.682 bits per heavy atom. The Hall–Kier alpha value is -1.71. The maximum absolute atomic E-state index is 12.1. The van der Waals surface area contributed by atoms with E-state index >= 15 is 0 Å². The van der Waals surface area contributed by atoms with E-state index in [0.717, 1.165) is 13.8 Å². The number of nitrogens with one attached hydrogen (secondary N) is 2. The second-order valence-electron chi connectivity index (χ2n) is 10.3. The quantitative estimate of drug-likeness (QED) is 0.0912. The summed E-state index contributed by atoms with van der Waals surface area (Å²) in [4.78, 5) is 23.7. The van der Waals surface area contributed by atoms with Crippen molar-refractivity contribution in [2.45, 2.75) is 106 Å². The van der Waals surface area contributed by atoms with Gasteiger partial charge >= 0.3 is 10.4 Å². The first kappa shape index (κ1) is 36.8. The molecule has 0 aromatic rings. The zero-order chi connectivity index (χ0) is 33.1. The molecule has 44 heavy (non-hydrogen) atoms. The van der Waals surface area contributed by atoms with E-state index < -0.39 is 134 Å². The lowest BCUT2D eigenvalue weighted by Gasteiger charge is -2.49. The predicted octanol–water partition coefficient (Wildman–Crippen LogP) is -7.46. The second kappa shape index (κ2) is 15.3. The number of carbonyl (C=O) groups is 2. The van der Waals surface area contributed by atoms with Gasteiger partial charge < -0.3 is 75.2 Å². The van der Waals surface area contributed by atoms with Crippen LogP contribution in [0, 0.1) is 0 Å². The minimum absolute atomic E-state index is 0.725. The Morgan fingerprint density at radius 3 is 1.73 bits per heavy atom. The summed E-state index contributed by atoms with van der Waals surface area (Å²) < 4.78 is 63.3. The number of carbonyl (C=O) groups excluding carboxylic acids is 2. The molecule has 0 spiro atoms. The molecule has 3 fully saturated rings. The molecule has 3 heterocycles. The van der Waals surface area contributed by atoms with Gasteiger partial charge in [-0.3, -0.25) is 14.1 Å². The number of aliphatic hydroxyl groups is 8. The molecule has 0 radical (unpaired) electrons. The Kier molecular flexibility index (Phi) is 12.7. The van der Waals surface area contributed by atoms with Gasteiger partial charge in [-0.15, -0.1) is 0 Å². The third kappa shape index (κ3) is 8.75. The molecule has 3 aliphatic rings. The van der Waals surface area contributed by atoms with Crippen LogP contribution in [0.5, 0.6) is 0 Å². The Morgan fingerprint density at radius 2 is 1.18 bits per heavy atom. The molecular formula is C22H38N2O19S. The lowest BCUT2D eigenvalue weighted by Crippen LogP contribution is -2.70. The van der Waals surface area contributed by atoms with Crippen molar-refractivity contribution < 1.29 is 91.3 Å². The van der Waals surface area contributed by atoms with Crippen molar-refractivity contribution in [1.82, 2.24) is 10.6 Å². The zero-order valence-electron chi connectivity index (χ0n) is 23.3. The highest BCUT2D eigenvalue weighted by Gasteiger charge is 2.54. The first-order chi connectivity index (χ1) is 20.5. The van der Waals surface area contributed by atoms with E-state index in [1.54, 1.807) is 0 Å². The molecule has 0 saturated carbocycles. The normalized spacial score (nSPS) is 43.3. The first-order valence-electron chi connectivity index (χ1n) is 13.2. The molecule has 256 valence electrons. The fourth-order valence-electron chi connectivity index (χ4n) is 5.01. The molecule has 22 heteroatoms. The fourth-order valence-corrected chi connectivity index (χ4v) is 5.32. The second-order valence-corrected chi connectivity index (χ2v) is 11.4. The van der Waals surface area contributed by atoms with Crippen molar-refractivity contribution in [2.24, 2.45) is 0 Å². The van der Waals surface area contributed by atoms with Crippen molar-refractivity contribution >= 4 is 22.2 Å². The van der Waals surface area contributed by atoms with Crippen molar-refractivity contribution in [3.63, 3.8) is 0 Å². The van der Waals surface area contributed by atoms with Crippen LogP contribution in [0.2, 0.25) is 0 Å². The molecular weight excluding hydrogens is 628 g/mol. The Bertz CT molecular complexity index is 1080. The van der Waals surface area contributed by atoms with E-state index in [-0.39, 0.29) is 0 Å². The molecule has 0 aromatic heterocycles. The monoisotopic (exact) mass is 666 g/mol. The summed E-state index contributed by atoms with van der Waals surface area (Å²) in [7, 11) is -5.06. The third-order valence-corrected chi connectivity index (χ3v) is 7.53. The van der Waals surface area contributed by atoms with Crippen LogP contribution in [-0.4, -0.2) is 177 Å². The van der Waals surface area contributed by atoms with E-state index in [9.17, 15) is 58.9 Å². The number of rotatable bonds is 11. The van der Waals surface area contributed by atoms with E-state index in [1.807, 2.05) is 0 Å². The average Bonchev–Trinajstić information content (AvgIpc) is 2.93. The molecule has 0 aliphatic carbocycles. The Labute approximate surface area is 250 Å². The van der Waals surface area contributed by atoms with Gasteiger partial charge in [0.25, 0.3) is 0 Å². The minimum Gasteiger partial charge on any atom is -0.394 e. The van der Waals surface area contributed by atoms with Crippen LogP contribution < -0.4 is 10.6 Å². The first-order valence-corrected chi connectivity index (χ1v) is 14.6. The van der Waals surface area contributed by atoms with Crippen LogP contribution in [0.1, 0.15) is 13.8 Å². The number of amides is 2. The highest BCUT2D eigenvalue weighted by Crippen LogP contribution is 2.32. The number of ether oxygens (including phenoxy) is 5. The van der Waals surface area contributed by atoms with E-state index in [0.29, 0.717) is 0 Å². The number of hydrogen-bond donors (Lipinski definition) is 11. The molecule has 0 bridgehead atoms. The molecule has 2 amide bonds. The summed E-state index contributed by atoms with van der Waals surface area (Å²) in [6.45, 7) is -0.669. The fraction of sp³-hybridized carbons (Fsp3) is 0.909. The van der Waals surface area contributed by atoms with Gasteiger partial charge in [0.1, 0.15) is 73.1 Å². The standard InChI is InChI=1S/C22H38N2O19S/c1-6(27)23-11-14(30)19(10(39-20(11)34)5-38-44(35,36)37)42-21-12(24-7(2)28)15(31)18(9(4-26)41-21)43-22-17(33)16(32)13(29)8(3-25)40-22/h8-22,25-26,29-34H,3-5H2,1-2H3,(H,23,27)(H,24,28)(H,35,36,37)/t8-,9-,10-,11-,12-,13+,14-,15-,16+,17-,18-,19-,20-,21+,22+/m1/s1. The van der Waals surface area contributed by atoms with Gasteiger partial charge in [0, 0.05) is 13.8 Å². The van der Waals surface area contributed by atoms with Crippen molar-refractivity contribution in [3.8, 4) is 0 Å². The smallest absolute Gasteiger partial charge is 0.394 e. The predicted molar refractivity (Wildman–Crippen MR) is 135 cm³/mol. The molecule has 15 atom stereocenters. The van der Waals surface area contributed by atoms with Gasteiger partial charge in [-0.05, 0) is 0 Å². The summed E-state index contributed by atoms with van der Waals surface area (Å²) >= 11 is 0. The third-order valence-electron chi connectivity index (χ3n) is 7.10. The van der Waals surface area contributed by atoms with Gasteiger partial charge in [-0.25, -0.2) is 4.18 Å². The lowest BCUT2D eigenvalue weighted by atomic mass is 9.94. The molecule has 0 aromatic carbocycles. The summed E-state index contributed by atoms with van der Waals surface area (Å²) in [6, 6.07) is -3.19. The van der Waals surface area contributed by atoms with Crippen LogP contribution in [0.4, 0.5) is 0 Å². The van der Waals surface area contributed by atoms with E-state index in [2.05, 4.69) is 14.8 Å². The van der Waals surface area contributed by atoms with Gasteiger partial charge in [0.15, 0.2) is 18.9 Å². The summed E-state index contributed by atoms with van der Waals surface area (Å²) in [5.74, 6) is -1.49. The van der Waals surface area contributed by atoms with Gasteiger partial charge in [-0.2, -0.15) is 8.42 Å². The van der Waals surface area contributed by atoms with Crippen molar-refractivity contribution in [2.75, 3.05) is 19.8 Å². The van der Waals surface area contributed by atoms with Gasteiger partial charge in [0.2, 0.25) is 11.8 Å². The summed E-state index contributed by atoms with van der Waals surface area (Å²) in [6.07, 6.45) is -22.9. The summed E-state index contributed by atoms with van der Waals surface area (Å²) in [5.41, 5.74) is 0. The highest BCUT2D eigenvalue weighted by molar-refractivity contribution is 7.80. The molecule has 0 unspecified atom stereocenters. The molecule has 11 N–H and O–H groups in total. The zero-order valence-corrected chi connectivity index (χ0v) is 24.1. The average molecular weight is 667 g/mol. The van der Waals surface area contributed by atoms with E-state index in [1.165, 1.54) is 0 Å². The van der Waals surface area contributed by atoms with E-state index in [4.69, 9.17) is 28.2 Å². The summed E-state index contributed by atoms with van der Waals surface area (Å²) in [5, 5.41) is 87.1. The maximum Gasteiger partial charge on any atom is 0.397 e.